The molecule has 0 atom stereocenters. The Morgan fingerprint density at radius 3 is 2.34 bits per heavy atom. The van der Waals surface area contributed by atoms with E-state index in [2.05, 4.69) is 9.44 Å². The molecule has 0 bridgehead atoms. The molecule has 5 nitrogen and oxygen atoms in total. The molecule has 8 heteroatoms. The van der Waals surface area contributed by atoms with Crippen LogP contribution in [-0.4, -0.2) is 27.7 Å². The number of hydrogen-bond donors (Lipinski definition) is 0. The third-order valence-electron chi connectivity index (χ3n) is 4.94. The molecular formula is C21H17F2NO4S. The highest BCUT2D eigenvalue weighted by Crippen LogP contribution is 2.33. The normalized spacial score (nSPS) is 13.9. The second-order valence-corrected chi connectivity index (χ2v) is 8.12. The SMILES string of the molecule is COc1ccc(S(=O)(=O)O/N=C(/c2ccc3c4c(cccc24)CC3)C(F)F)cc1. The van der Waals surface area contributed by atoms with Crippen LogP contribution in [0.3, 0.4) is 0 Å². The van der Waals surface area contributed by atoms with Crippen LogP contribution < -0.4 is 4.74 Å². The Bertz CT molecular complexity index is 1200. The van der Waals surface area contributed by atoms with Crippen LogP contribution in [0.25, 0.3) is 10.8 Å². The van der Waals surface area contributed by atoms with Gasteiger partial charge in [-0.2, -0.15) is 8.42 Å². The van der Waals surface area contributed by atoms with Crippen molar-refractivity contribution in [2.24, 2.45) is 5.16 Å². The highest BCUT2D eigenvalue weighted by Gasteiger charge is 2.25. The van der Waals surface area contributed by atoms with E-state index in [1.807, 2.05) is 6.07 Å². The topological polar surface area (TPSA) is 65.0 Å². The van der Waals surface area contributed by atoms with Gasteiger partial charge in [-0.1, -0.05) is 35.5 Å². The summed E-state index contributed by atoms with van der Waals surface area (Å²) in [7, 11) is -2.91. The van der Waals surface area contributed by atoms with Gasteiger partial charge in [-0.05, 0) is 59.0 Å². The summed E-state index contributed by atoms with van der Waals surface area (Å²) in [5, 5.41) is 4.90. The van der Waals surface area contributed by atoms with Crippen LogP contribution in [0.4, 0.5) is 8.78 Å². The molecule has 0 saturated carbocycles. The van der Waals surface area contributed by atoms with E-state index in [9.17, 15) is 17.2 Å². The molecule has 29 heavy (non-hydrogen) atoms. The predicted octanol–water partition coefficient (Wildman–Crippen LogP) is 4.32. The lowest BCUT2D eigenvalue weighted by Gasteiger charge is -2.11. The summed E-state index contributed by atoms with van der Waals surface area (Å²) < 4.78 is 61.9. The van der Waals surface area contributed by atoms with Crippen LogP contribution in [0, 0.1) is 0 Å². The molecule has 3 aromatic rings. The standard InChI is InChI=1S/C21H17F2NO4S/c1-27-15-8-10-16(11-9-15)29(25,26)28-24-20(21(22)23)18-12-7-14-6-5-13-3-2-4-17(18)19(13)14/h2-4,7-12,21H,5-6H2,1H3/b24-20-. The molecule has 0 aromatic heterocycles. The Balaban J connectivity index is 1.74. The summed E-state index contributed by atoms with van der Waals surface area (Å²) in [4.78, 5) is -0.212. The van der Waals surface area contributed by atoms with Gasteiger partial charge in [0.1, 0.15) is 10.6 Å². The molecule has 4 rings (SSSR count). The van der Waals surface area contributed by atoms with Crippen molar-refractivity contribution >= 4 is 26.6 Å². The number of ether oxygens (including phenoxy) is 1. The Labute approximate surface area is 166 Å². The van der Waals surface area contributed by atoms with Crippen molar-refractivity contribution in [3.63, 3.8) is 0 Å². The van der Waals surface area contributed by atoms with Crippen molar-refractivity contribution in [2.75, 3.05) is 7.11 Å². The van der Waals surface area contributed by atoms with Gasteiger partial charge in [0.2, 0.25) is 0 Å². The van der Waals surface area contributed by atoms with Crippen molar-refractivity contribution in [3.05, 3.63) is 71.3 Å². The minimum Gasteiger partial charge on any atom is -0.497 e. The Hall–Kier alpha value is -3.00. The van der Waals surface area contributed by atoms with Gasteiger partial charge in [0, 0.05) is 5.56 Å². The minimum atomic E-state index is -4.36. The summed E-state index contributed by atoms with van der Waals surface area (Å²) in [5.41, 5.74) is 1.60. The number of benzene rings is 3. The zero-order valence-electron chi connectivity index (χ0n) is 15.4. The maximum Gasteiger partial charge on any atom is 0.358 e. The van der Waals surface area contributed by atoms with Gasteiger partial charge >= 0.3 is 10.1 Å². The van der Waals surface area contributed by atoms with Crippen molar-refractivity contribution in [1.29, 1.82) is 0 Å². The molecule has 150 valence electrons. The molecule has 0 radical (unpaired) electrons. The average molecular weight is 417 g/mol. The lowest BCUT2D eigenvalue weighted by molar-refractivity contribution is 0.219. The van der Waals surface area contributed by atoms with Crippen molar-refractivity contribution in [2.45, 2.75) is 24.2 Å². The van der Waals surface area contributed by atoms with Crippen molar-refractivity contribution in [1.82, 2.24) is 0 Å². The molecule has 0 unspecified atom stereocenters. The molecular weight excluding hydrogens is 400 g/mol. The fourth-order valence-corrected chi connectivity index (χ4v) is 4.29. The van der Waals surface area contributed by atoms with E-state index < -0.39 is 22.3 Å². The quantitative estimate of drug-likeness (QED) is 0.443. The monoisotopic (exact) mass is 417 g/mol. The molecule has 0 fully saturated rings. The first-order valence-corrected chi connectivity index (χ1v) is 10.3. The van der Waals surface area contributed by atoms with E-state index in [0.29, 0.717) is 11.1 Å². The van der Waals surface area contributed by atoms with E-state index >= 15 is 0 Å². The minimum absolute atomic E-state index is 0.160. The second kappa shape index (κ2) is 7.44. The smallest absolute Gasteiger partial charge is 0.358 e. The maximum atomic E-state index is 13.8. The molecule has 1 aliphatic carbocycles. The zero-order valence-corrected chi connectivity index (χ0v) is 16.2. The summed E-state index contributed by atoms with van der Waals surface area (Å²) in [5.74, 6) is 0.452. The fraction of sp³-hybridized carbons (Fsp3) is 0.190. The maximum absolute atomic E-state index is 13.8. The summed E-state index contributed by atoms with van der Waals surface area (Å²) in [6.07, 6.45) is -1.32. The van der Waals surface area contributed by atoms with Crippen LogP contribution in [-0.2, 0) is 27.2 Å². The van der Waals surface area contributed by atoms with Gasteiger partial charge in [0.15, 0.2) is 5.71 Å². The molecule has 0 heterocycles. The molecule has 0 aliphatic heterocycles. The van der Waals surface area contributed by atoms with E-state index in [1.54, 1.807) is 24.3 Å². The third kappa shape index (κ3) is 3.55. The van der Waals surface area contributed by atoms with Gasteiger partial charge < -0.3 is 4.74 Å². The Morgan fingerprint density at radius 2 is 1.69 bits per heavy atom. The number of oxime groups is 1. The molecule has 0 amide bonds. The number of nitrogens with zero attached hydrogens (tertiary/aromatic N) is 1. The number of halogens is 2. The summed E-state index contributed by atoms with van der Waals surface area (Å²) in [6, 6.07) is 14.2. The zero-order chi connectivity index (χ0) is 20.6. The summed E-state index contributed by atoms with van der Waals surface area (Å²) in [6.45, 7) is 0. The fourth-order valence-electron chi connectivity index (χ4n) is 3.55. The van der Waals surface area contributed by atoms with Gasteiger partial charge in [0.25, 0.3) is 6.43 Å². The van der Waals surface area contributed by atoms with E-state index in [0.717, 1.165) is 29.4 Å². The molecule has 0 saturated heterocycles. The Kier molecular flexibility index (Phi) is 4.96. The van der Waals surface area contributed by atoms with E-state index in [4.69, 9.17) is 4.74 Å². The largest absolute Gasteiger partial charge is 0.497 e. The molecule has 0 spiro atoms. The average Bonchev–Trinajstić information content (AvgIpc) is 3.14. The predicted molar refractivity (Wildman–Crippen MR) is 105 cm³/mol. The van der Waals surface area contributed by atoms with Gasteiger partial charge in [-0.25, -0.2) is 8.78 Å². The number of aryl methyl sites for hydroxylation is 2. The second-order valence-electron chi connectivity index (χ2n) is 6.59. The van der Waals surface area contributed by atoms with Gasteiger partial charge in [-0.3, -0.25) is 4.28 Å². The van der Waals surface area contributed by atoms with Gasteiger partial charge in [0.05, 0.1) is 7.11 Å². The number of hydrogen-bond acceptors (Lipinski definition) is 5. The van der Waals surface area contributed by atoms with Crippen LogP contribution >= 0.6 is 0 Å². The lowest BCUT2D eigenvalue weighted by atomic mass is 9.97. The Morgan fingerprint density at radius 1 is 1.00 bits per heavy atom. The van der Waals surface area contributed by atoms with E-state index in [1.165, 1.54) is 31.4 Å². The molecule has 3 aromatic carbocycles. The van der Waals surface area contributed by atoms with Crippen LogP contribution in [0.2, 0.25) is 0 Å². The lowest BCUT2D eigenvalue weighted by Crippen LogP contribution is -2.15. The van der Waals surface area contributed by atoms with Crippen LogP contribution in [0.15, 0.2) is 64.6 Å². The van der Waals surface area contributed by atoms with Crippen LogP contribution in [0.5, 0.6) is 5.75 Å². The molecule has 1 aliphatic rings. The highest BCUT2D eigenvalue weighted by molar-refractivity contribution is 7.86. The van der Waals surface area contributed by atoms with Crippen LogP contribution in [0.1, 0.15) is 16.7 Å². The number of alkyl halides is 2. The number of rotatable bonds is 6. The van der Waals surface area contributed by atoms with Crippen molar-refractivity contribution < 1.29 is 26.2 Å². The van der Waals surface area contributed by atoms with E-state index in [-0.39, 0.29) is 10.5 Å². The third-order valence-corrected chi connectivity index (χ3v) is 6.06. The first kappa shape index (κ1) is 19.3. The summed E-state index contributed by atoms with van der Waals surface area (Å²) >= 11 is 0. The van der Waals surface area contributed by atoms with Gasteiger partial charge in [-0.15, -0.1) is 0 Å². The van der Waals surface area contributed by atoms with Crippen molar-refractivity contribution in [3.8, 4) is 5.75 Å². The molecule has 0 N–H and O–H groups in total. The first-order chi connectivity index (χ1) is 13.9. The highest BCUT2D eigenvalue weighted by atomic mass is 32.2. The first-order valence-electron chi connectivity index (χ1n) is 8.88. The number of methoxy groups -OCH3 is 1.